The molecule has 0 bridgehead atoms. The molecule has 0 atom stereocenters. The summed E-state index contributed by atoms with van der Waals surface area (Å²) in [7, 11) is 0. The fraction of sp³-hybridized carbons (Fsp3) is 0.0769. The largest absolute Gasteiger partial charge is 0.343 e. The number of aromatic nitrogens is 3. The number of halogens is 1. The SMILES string of the molecule is C=C(Br)CNC(=O)C(=O)Nc1ccc(-n2ccnc2)nc1. The first-order valence-electron chi connectivity index (χ1n) is 5.93. The van der Waals surface area contributed by atoms with Crippen LogP contribution in [-0.2, 0) is 9.59 Å². The van der Waals surface area contributed by atoms with E-state index >= 15 is 0 Å². The molecule has 2 rings (SSSR count). The number of anilines is 1. The topological polar surface area (TPSA) is 88.9 Å². The summed E-state index contributed by atoms with van der Waals surface area (Å²) in [4.78, 5) is 31.2. The van der Waals surface area contributed by atoms with Crippen molar-refractivity contribution in [3.05, 3.63) is 48.1 Å². The van der Waals surface area contributed by atoms with Crippen LogP contribution >= 0.6 is 15.9 Å². The highest BCUT2D eigenvalue weighted by molar-refractivity contribution is 9.11. The summed E-state index contributed by atoms with van der Waals surface area (Å²) in [5.41, 5.74) is 0.427. The predicted molar refractivity (Wildman–Crippen MR) is 81.1 cm³/mol. The summed E-state index contributed by atoms with van der Waals surface area (Å²) in [6, 6.07) is 3.35. The molecule has 0 unspecified atom stereocenters. The number of nitrogens with zero attached hydrogens (tertiary/aromatic N) is 3. The van der Waals surface area contributed by atoms with Crippen LogP contribution < -0.4 is 10.6 Å². The van der Waals surface area contributed by atoms with Gasteiger partial charge in [0.2, 0.25) is 0 Å². The maximum absolute atomic E-state index is 11.6. The molecule has 2 heterocycles. The fourth-order valence-electron chi connectivity index (χ4n) is 1.45. The second-order valence-corrected chi connectivity index (χ2v) is 5.15. The Balaban J connectivity index is 1.95. The summed E-state index contributed by atoms with van der Waals surface area (Å²) in [6.45, 7) is 3.74. The van der Waals surface area contributed by atoms with Crippen LogP contribution in [0.1, 0.15) is 0 Å². The van der Waals surface area contributed by atoms with Gasteiger partial charge < -0.3 is 10.6 Å². The molecular formula is C13H12BrN5O2. The average molecular weight is 350 g/mol. The lowest BCUT2D eigenvalue weighted by atomic mass is 10.4. The van der Waals surface area contributed by atoms with Crippen molar-refractivity contribution in [2.24, 2.45) is 0 Å². The molecule has 108 valence electrons. The summed E-state index contributed by atoms with van der Waals surface area (Å²) in [5, 5.41) is 4.86. The number of hydrogen-bond acceptors (Lipinski definition) is 4. The Bertz CT molecular complexity index is 652. The second kappa shape index (κ2) is 6.80. The molecule has 0 saturated carbocycles. The third kappa shape index (κ3) is 4.25. The van der Waals surface area contributed by atoms with E-state index in [1.165, 1.54) is 6.20 Å². The van der Waals surface area contributed by atoms with Crippen LogP contribution in [0.3, 0.4) is 0 Å². The molecule has 2 aromatic heterocycles. The van der Waals surface area contributed by atoms with Crippen LogP contribution in [0.5, 0.6) is 0 Å². The molecule has 0 spiro atoms. The van der Waals surface area contributed by atoms with Gasteiger partial charge in [-0.15, -0.1) is 0 Å². The first-order chi connectivity index (χ1) is 10.1. The third-order valence-corrected chi connectivity index (χ3v) is 2.70. The number of carbonyl (C=O) groups excluding carboxylic acids is 2. The molecule has 21 heavy (non-hydrogen) atoms. The number of imidazole rings is 1. The molecule has 0 aromatic carbocycles. The van der Waals surface area contributed by atoms with Gasteiger partial charge in [-0.2, -0.15) is 0 Å². The maximum Gasteiger partial charge on any atom is 0.313 e. The van der Waals surface area contributed by atoms with Gasteiger partial charge in [-0.25, -0.2) is 9.97 Å². The van der Waals surface area contributed by atoms with Crippen molar-refractivity contribution in [1.29, 1.82) is 0 Å². The van der Waals surface area contributed by atoms with Crippen molar-refractivity contribution in [3.63, 3.8) is 0 Å². The molecular weight excluding hydrogens is 338 g/mol. The smallest absolute Gasteiger partial charge is 0.313 e. The molecule has 0 fully saturated rings. The number of amides is 2. The lowest BCUT2D eigenvalue weighted by Gasteiger charge is -2.06. The number of rotatable bonds is 4. The molecule has 2 N–H and O–H groups in total. The van der Waals surface area contributed by atoms with E-state index in [0.717, 1.165) is 0 Å². The van der Waals surface area contributed by atoms with E-state index in [2.05, 4.69) is 43.1 Å². The zero-order valence-corrected chi connectivity index (χ0v) is 12.5. The van der Waals surface area contributed by atoms with Crippen LogP contribution in [-0.4, -0.2) is 32.9 Å². The first-order valence-corrected chi connectivity index (χ1v) is 6.72. The van der Waals surface area contributed by atoms with E-state index in [-0.39, 0.29) is 6.54 Å². The normalized spacial score (nSPS) is 9.95. The van der Waals surface area contributed by atoms with Crippen molar-refractivity contribution in [2.45, 2.75) is 0 Å². The summed E-state index contributed by atoms with van der Waals surface area (Å²) >= 11 is 3.09. The minimum absolute atomic E-state index is 0.185. The highest BCUT2D eigenvalue weighted by atomic mass is 79.9. The molecule has 0 aliphatic heterocycles. The van der Waals surface area contributed by atoms with Gasteiger partial charge >= 0.3 is 11.8 Å². The molecule has 2 aromatic rings. The van der Waals surface area contributed by atoms with E-state index < -0.39 is 11.8 Å². The number of nitrogens with one attached hydrogen (secondary N) is 2. The van der Waals surface area contributed by atoms with Gasteiger partial charge in [-0.1, -0.05) is 22.5 Å². The lowest BCUT2D eigenvalue weighted by Crippen LogP contribution is -2.35. The van der Waals surface area contributed by atoms with Crippen molar-refractivity contribution >= 4 is 33.4 Å². The minimum Gasteiger partial charge on any atom is -0.343 e. The molecule has 0 saturated heterocycles. The second-order valence-electron chi connectivity index (χ2n) is 4.03. The van der Waals surface area contributed by atoms with Crippen molar-refractivity contribution in [3.8, 4) is 5.82 Å². The van der Waals surface area contributed by atoms with Crippen molar-refractivity contribution in [1.82, 2.24) is 19.9 Å². The van der Waals surface area contributed by atoms with Gasteiger partial charge in [0.05, 0.1) is 11.9 Å². The van der Waals surface area contributed by atoms with Crippen molar-refractivity contribution < 1.29 is 9.59 Å². The third-order valence-electron chi connectivity index (χ3n) is 2.42. The van der Waals surface area contributed by atoms with Crippen LogP contribution in [0.4, 0.5) is 5.69 Å². The standard InChI is InChI=1S/C13H12BrN5O2/c1-9(14)6-17-12(20)13(21)18-10-2-3-11(16-7-10)19-5-4-15-8-19/h2-5,7-8H,1,6H2,(H,17,20)(H,18,21). The minimum atomic E-state index is -0.763. The van der Waals surface area contributed by atoms with Gasteiger partial charge in [0.1, 0.15) is 12.1 Å². The highest BCUT2D eigenvalue weighted by Gasteiger charge is 2.13. The molecule has 0 aliphatic carbocycles. The van der Waals surface area contributed by atoms with E-state index in [4.69, 9.17) is 0 Å². The van der Waals surface area contributed by atoms with Gasteiger partial charge in [0.25, 0.3) is 0 Å². The summed E-state index contributed by atoms with van der Waals surface area (Å²) < 4.78 is 2.30. The number of pyridine rings is 1. The van der Waals surface area contributed by atoms with E-state index in [0.29, 0.717) is 16.0 Å². The van der Waals surface area contributed by atoms with E-state index in [1.807, 2.05) is 0 Å². The Morgan fingerprint density at radius 3 is 2.71 bits per heavy atom. The van der Waals surface area contributed by atoms with Crippen LogP contribution in [0.15, 0.2) is 48.1 Å². The number of carbonyl (C=O) groups is 2. The van der Waals surface area contributed by atoms with Gasteiger partial charge in [-0.05, 0) is 12.1 Å². The zero-order valence-electron chi connectivity index (χ0n) is 10.9. The Morgan fingerprint density at radius 1 is 1.33 bits per heavy atom. The molecule has 8 heteroatoms. The monoisotopic (exact) mass is 349 g/mol. The Kier molecular flexibility index (Phi) is 4.83. The summed E-state index contributed by atoms with van der Waals surface area (Å²) in [6.07, 6.45) is 6.46. The van der Waals surface area contributed by atoms with E-state index in [9.17, 15) is 9.59 Å². The molecule has 2 amide bonds. The van der Waals surface area contributed by atoms with Gasteiger partial charge in [0, 0.05) is 23.4 Å². The zero-order chi connectivity index (χ0) is 15.2. The average Bonchev–Trinajstić information content (AvgIpc) is 2.99. The van der Waals surface area contributed by atoms with Crippen LogP contribution in [0.25, 0.3) is 5.82 Å². The number of hydrogen-bond donors (Lipinski definition) is 2. The Morgan fingerprint density at radius 2 is 2.14 bits per heavy atom. The quantitative estimate of drug-likeness (QED) is 0.812. The van der Waals surface area contributed by atoms with Gasteiger partial charge in [-0.3, -0.25) is 14.2 Å². The van der Waals surface area contributed by atoms with Gasteiger partial charge in [0.15, 0.2) is 0 Å². The first kappa shape index (κ1) is 14.9. The Hall–Kier alpha value is -2.48. The molecule has 0 radical (unpaired) electrons. The van der Waals surface area contributed by atoms with Crippen molar-refractivity contribution in [2.75, 3.05) is 11.9 Å². The van der Waals surface area contributed by atoms with E-state index in [1.54, 1.807) is 35.4 Å². The molecule has 0 aliphatic rings. The summed E-state index contributed by atoms with van der Waals surface area (Å²) in [5.74, 6) is -0.847. The maximum atomic E-state index is 11.6. The van der Waals surface area contributed by atoms with Crippen LogP contribution in [0.2, 0.25) is 0 Å². The fourth-order valence-corrected chi connectivity index (χ4v) is 1.59. The molecule has 7 nitrogen and oxygen atoms in total. The lowest BCUT2D eigenvalue weighted by molar-refractivity contribution is -0.136. The predicted octanol–water partition coefficient (Wildman–Crippen LogP) is 1.23. The van der Waals surface area contributed by atoms with Crippen LogP contribution in [0, 0.1) is 0 Å². The Labute approximate surface area is 129 Å². The highest BCUT2D eigenvalue weighted by Crippen LogP contribution is 2.09.